The second kappa shape index (κ2) is 6.10. The van der Waals surface area contributed by atoms with Crippen molar-refractivity contribution in [2.24, 2.45) is 0 Å². The van der Waals surface area contributed by atoms with Gasteiger partial charge in [0.1, 0.15) is 11.5 Å². The van der Waals surface area contributed by atoms with E-state index >= 15 is 0 Å². The van der Waals surface area contributed by atoms with E-state index in [9.17, 15) is 9.18 Å². The smallest absolute Gasteiger partial charge is 0.267 e. The Hall–Kier alpha value is -2.14. The first-order chi connectivity index (χ1) is 10.2. The Bertz CT molecular complexity index is 615. The van der Waals surface area contributed by atoms with Crippen molar-refractivity contribution in [3.63, 3.8) is 0 Å². The van der Waals surface area contributed by atoms with Gasteiger partial charge >= 0.3 is 0 Å². The van der Waals surface area contributed by atoms with E-state index in [4.69, 9.17) is 4.74 Å². The zero-order chi connectivity index (χ0) is 14.7. The van der Waals surface area contributed by atoms with Crippen molar-refractivity contribution in [2.75, 3.05) is 13.2 Å². The predicted molar refractivity (Wildman–Crippen MR) is 77.5 cm³/mol. The molecule has 21 heavy (non-hydrogen) atoms. The lowest BCUT2D eigenvalue weighted by Gasteiger charge is -2.09. The molecular weight excluding hydrogens is 271 g/mol. The lowest BCUT2D eigenvalue weighted by molar-refractivity contribution is 0.0854. The van der Waals surface area contributed by atoms with Gasteiger partial charge in [-0.05, 0) is 42.2 Å². The molecule has 2 aromatic rings. The molecule has 0 bridgehead atoms. The molecule has 1 aromatic heterocycles. The van der Waals surface area contributed by atoms with Gasteiger partial charge in [0.15, 0.2) is 0 Å². The van der Waals surface area contributed by atoms with E-state index in [0.717, 1.165) is 30.6 Å². The topological polar surface area (TPSA) is 54.1 Å². The number of carbonyl (C=O) groups excluding carboxylic acids is 1. The molecule has 1 amide bonds. The first-order valence-electron chi connectivity index (χ1n) is 7.06. The Morgan fingerprint density at radius 2 is 2.14 bits per heavy atom. The maximum absolute atomic E-state index is 12.9. The quantitative estimate of drug-likeness (QED) is 0.909. The summed E-state index contributed by atoms with van der Waals surface area (Å²) in [5, 5.41) is 2.86. The summed E-state index contributed by atoms with van der Waals surface area (Å²) in [7, 11) is 0. The summed E-state index contributed by atoms with van der Waals surface area (Å²) in [6, 6.07) is 7.94. The molecule has 4 nitrogen and oxygen atoms in total. The predicted octanol–water partition coefficient (Wildman–Crippen LogP) is 2.73. The molecule has 1 unspecified atom stereocenters. The van der Waals surface area contributed by atoms with Crippen molar-refractivity contribution in [1.82, 2.24) is 10.3 Å². The molecule has 110 valence electrons. The van der Waals surface area contributed by atoms with Crippen molar-refractivity contribution >= 4 is 5.91 Å². The first kappa shape index (κ1) is 13.8. The van der Waals surface area contributed by atoms with Crippen LogP contribution >= 0.6 is 0 Å². The lowest BCUT2D eigenvalue weighted by atomic mass is 10.1. The molecule has 2 N–H and O–H groups in total. The number of ether oxygens (including phenoxy) is 1. The van der Waals surface area contributed by atoms with Crippen molar-refractivity contribution in [3.8, 4) is 11.1 Å². The highest BCUT2D eigenvalue weighted by atomic mass is 19.1. The van der Waals surface area contributed by atoms with Crippen LogP contribution in [0.5, 0.6) is 0 Å². The van der Waals surface area contributed by atoms with Gasteiger partial charge in [0.2, 0.25) is 0 Å². The highest BCUT2D eigenvalue weighted by Crippen LogP contribution is 2.20. The highest BCUT2D eigenvalue weighted by Gasteiger charge is 2.17. The van der Waals surface area contributed by atoms with E-state index in [1.807, 2.05) is 0 Å². The number of rotatable bonds is 4. The van der Waals surface area contributed by atoms with Crippen LogP contribution in [-0.4, -0.2) is 30.1 Å². The molecule has 0 radical (unpaired) electrons. The zero-order valence-electron chi connectivity index (χ0n) is 11.6. The molecule has 1 aliphatic rings. The van der Waals surface area contributed by atoms with E-state index in [1.54, 1.807) is 24.4 Å². The van der Waals surface area contributed by atoms with Crippen molar-refractivity contribution in [2.45, 2.75) is 18.9 Å². The molecule has 0 aliphatic carbocycles. The second-order valence-corrected chi connectivity index (χ2v) is 5.15. The number of aromatic amines is 1. The van der Waals surface area contributed by atoms with E-state index in [0.29, 0.717) is 12.2 Å². The molecule has 2 heterocycles. The van der Waals surface area contributed by atoms with Gasteiger partial charge in [-0.3, -0.25) is 4.79 Å². The SMILES string of the molecule is O=C(NCC1CCCO1)c1cc(-c2ccc(F)cc2)c[nH]1. The summed E-state index contributed by atoms with van der Waals surface area (Å²) in [4.78, 5) is 15.0. The Balaban J connectivity index is 1.63. The van der Waals surface area contributed by atoms with Crippen LogP contribution in [0.2, 0.25) is 0 Å². The van der Waals surface area contributed by atoms with Crippen LogP contribution in [0.4, 0.5) is 4.39 Å². The molecule has 1 atom stereocenters. The van der Waals surface area contributed by atoms with Crippen LogP contribution < -0.4 is 5.32 Å². The standard InChI is InChI=1S/C16H17FN2O2/c17-13-5-3-11(4-6-13)12-8-15(18-9-12)16(20)19-10-14-2-1-7-21-14/h3-6,8-9,14,18H,1-2,7,10H2,(H,19,20). The van der Waals surface area contributed by atoms with Gasteiger partial charge < -0.3 is 15.0 Å². The van der Waals surface area contributed by atoms with Gasteiger partial charge in [-0.1, -0.05) is 12.1 Å². The molecular formula is C16H17FN2O2. The fraction of sp³-hybridized carbons (Fsp3) is 0.312. The summed E-state index contributed by atoms with van der Waals surface area (Å²) < 4.78 is 18.4. The third-order valence-electron chi connectivity index (χ3n) is 3.62. The molecule has 0 spiro atoms. The molecule has 3 rings (SSSR count). The number of amides is 1. The van der Waals surface area contributed by atoms with Gasteiger partial charge in [0, 0.05) is 19.3 Å². The fourth-order valence-corrected chi connectivity index (χ4v) is 2.44. The van der Waals surface area contributed by atoms with Crippen molar-refractivity contribution in [1.29, 1.82) is 0 Å². The third kappa shape index (κ3) is 3.31. The maximum atomic E-state index is 12.9. The van der Waals surface area contributed by atoms with Crippen molar-refractivity contribution in [3.05, 3.63) is 48.0 Å². The van der Waals surface area contributed by atoms with Crippen LogP contribution in [-0.2, 0) is 4.74 Å². The second-order valence-electron chi connectivity index (χ2n) is 5.15. The average Bonchev–Trinajstić information content (AvgIpc) is 3.17. The minimum absolute atomic E-state index is 0.125. The fourth-order valence-electron chi connectivity index (χ4n) is 2.44. The average molecular weight is 288 g/mol. The maximum Gasteiger partial charge on any atom is 0.267 e. The minimum atomic E-state index is -0.274. The molecule has 1 saturated heterocycles. The minimum Gasteiger partial charge on any atom is -0.376 e. The lowest BCUT2D eigenvalue weighted by Crippen LogP contribution is -2.31. The van der Waals surface area contributed by atoms with Crippen LogP contribution in [0, 0.1) is 5.82 Å². The molecule has 0 saturated carbocycles. The number of H-pyrrole nitrogens is 1. The van der Waals surface area contributed by atoms with Gasteiger partial charge in [-0.25, -0.2) is 4.39 Å². The van der Waals surface area contributed by atoms with Crippen LogP contribution in [0.15, 0.2) is 36.5 Å². The normalized spacial score (nSPS) is 17.9. The largest absolute Gasteiger partial charge is 0.376 e. The number of halogens is 1. The zero-order valence-corrected chi connectivity index (χ0v) is 11.6. The van der Waals surface area contributed by atoms with Gasteiger partial charge in [-0.2, -0.15) is 0 Å². The summed E-state index contributed by atoms with van der Waals surface area (Å²) in [6.45, 7) is 1.31. The monoisotopic (exact) mass is 288 g/mol. The van der Waals surface area contributed by atoms with Crippen LogP contribution in [0.1, 0.15) is 23.3 Å². The van der Waals surface area contributed by atoms with Crippen molar-refractivity contribution < 1.29 is 13.9 Å². The number of aromatic nitrogens is 1. The Morgan fingerprint density at radius 1 is 1.33 bits per heavy atom. The Kier molecular flexibility index (Phi) is 4.01. The summed E-state index contributed by atoms with van der Waals surface area (Å²) >= 11 is 0. The number of hydrogen-bond acceptors (Lipinski definition) is 2. The number of nitrogens with one attached hydrogen (secondary N) is 2. The first-order valence-corrected chi connectivity index (χ1v) is 7.06. The van der Waals surface area contributed by atoms with E-state index in [2.05, 4.69) is 10.3 Å². The van der Waals surface area contributed by atoms with Gasteiger partial charge in [-0.15, -0.1) is 0 Å². The van der Waals surface area contributed by atoms with E-state index in [1.165, 1.54) is 12.1 Å². The number of benzene rings is 1. The van der Waals surface area contributed by atoms with Gasteiger partial charge in [0.25, 0.3) is 5.91 Å². The van der Waals surface area contributed by atoms with Crippen LogP contribution in [0.25, 0.3) is 11.1 Å². The molecule has 5 heteroatoms. The van der Waals surface area contributed by atoms with E-state index in [-0.39, 0.29) is 17.8 Å². The number of hydrogen-bond donors (Lipinski definition) is 2. The van der Waals surface area contributed by atoms with Gasteiger partial charge in [0.05, 0.1) is 6.10 Å². The Morgan fingerprint density at radius 3 is 2.86 bits per heavy atom. The molecule has 1 aromatic carbocycles. The Labute approximate surface area is 122 Å². The van der Waals surface area contributed by atoms with E-state index < -0.39 is 0 Å². The summed E-state index contributed by atoms with van der Waals surface area (Å²) in [5.41, 5.74) is 2.22. The van der Waals surface area contributed by atoms with Crippen LogP contribution in [0.3, 0.4) is 0 Å². The molecule has 1 fully saturated rings. The third-order valence-corrected chi connectivity index (χ3v) is 3.62. The summed E-state index contributed by atoms with van der Waals surface area (Å²) in [6.07, 6.45) is 3.91. The molecule has 1 aliphatic heterocycles. The summed E-state index contributed by atoms with van der Waals surface area (Å²) in [5.74, 6) is -0.428. The number of carbonyl (C=O) groups is 1. The highest BCUT2D eigenvalue weighted by molar-refractivity contribution is 5.93.